The van der Waals surface area contributed by atoms with E-state index in [2.05, 4.69) is 37.0 Å². The highest BCUT2D eigenvalue weighted by Crippen LogP contribution is 2.16. The molecule has 1 amide bonds. The zero-order valence-electron chi connectivity index (χ0n) is 13.5. The molecule has 1 aromatic heterocycles. The molecule has 2 aromatic rings. The predicted molar refractivity (Wildman–Crippen MR) is 98.3 cm³/mol. The third-order valence-electron chi connectivity index (χ3n) is 4.05. The normalized spacial score (nSPS) is 17.5. The molecule has 0 aliphatic carbocycles. The number of carbonyl (C=O) groups is 1. The van der Waals surface area contributed by atoms with Crippen molar-refractivity contribution >= 4 is 27.5 Å². The Kier molecular flexibility index (Phi) is 5.87. The molecule has 0 bridgehead atoms. The van der Waals surface area contributed by atoms with Gasteiger partial charge in [0.05, 0.1) is 6.04 Å². The number of hydrogen-bond acceptors (Lipinski definition) is 4. The third kappa shape index (κ3) is 4.58. The minimum Gasteiger partial charge on any atom is -0.383 e. The van der Waals surface area contributed by atoms with E-state index in [9.17, 15) is 4.79 Å². The number of nitrogens with zero attached hydrogens (tertiary/aromatic N) is 2. The van der Waals surface area contributed by atoms with Crippen LogP contribution in [0.2, 0.25) is 0 Å². The van der Waals surface area contributed by atoms with Crippen LogP contribution in [0.5, 0.6) is 0 Å². The van der Waals surface area contributed by atoms with Crippen LogP contribution in [0.25, 0.3) is 0 Å². The SMILES string of the molecule is O=C(NCCNc1cccc(Br)c1)c1ccn(C2CCCNC2)n1. The summed E-state index contributed by atoms with van der Waals surface area (Å²) in [6.07, 6.45) is 4.14. The topological polar surface area (TPSA) is 71.0 Å². The maximum atomic E-state index is 12.2. The first-order chi connectivity index (χ1) is 11.7. The van der Waals surface area contributed by atoms with Gasteiger partial charge in [0.2, 0.25) is 0 Å². The van der Waals surface area contributed by atoms with Gasteiger partial charge >= 0.3 is 0 Å². The molecule has 3 rings (SSSR count). The Morgan fingerprint density at radius 1 is 1.38 bits per heavy atom. The summed E-state index contributed by atoms with van der Waals surface area (Å²) in [5.74, 6) is -0.131. The smallest absolute Gasteiger partial charge is 0.271 e. The highest BCUT2D eigenvalue weighted by Gasteiger charge is 2.17. The van der Waals surface area contributed by atoms with Crippen molar-refractivity contribution in [1.29, 1.82) is 0 Å². The number of hydrogen-bond donors (Lipinski definition) is 3. The predicted octanol–water partition coefficient (Wildman–Crippen LogP) is 2.41. The molecule has 1 aliphatic heterocycles. The number of nitrogens with one attached hydrogen (secondary N) is 3. The third-order valence-corrected chi connectivity index (χ3v) is 4.54. The van der Waals surface area contributed by atoms with Crippen LogP contribution < -0.4 is 16.0 Å². The maximum absolute atomic E-state index is 12.2. The number of carbonyl (C=O) groups excluding carboxylic acids is 1. The number of rotatable bonds is 6. The van der Waals surface area contributed by atoms with Crippen LogP contribution in [0.4, 0.5) is 5.69 Å². The number of anilines is 1. The summed E-state index contributed by atoms with van der Waals surface area (Å²) in [6.45, 7) is 3.19. The largest absolute Gasteiger partial charge is 0.383 e. The number of piperidine rings is 1. The second-order valence-corrected chi connectivity index (χ2v) is 6.79. The van der Waals surface area contributed by atoms with Gasteiger partial charge in [-0.15, -0.1) is 0 Å². The van der Waals surface area contributed by atoms with Crippen molar-refractivity contribution in [2.24, 2.45) is 0 Å². The minimum absolute atomic E-state index is 0.131. The highest BCUT2D eigenvalue weighted by atomic mass is 79.9. The van der Waals surface area contributed by atoms with Gasteiger partial charge in [-0.05, 0) is 43.7 Å². The van der Waals surface area contributed by atoms with E-state index in [0.29, 0.717) is 24.8 Å². The quantitative estimate of drug-likeness (QED) is 0.661. The van der Waals surface area contributed by atoms with E-state index in [1.807, 2.05) is 35.1 Å². The first kappa shape index (κ1) is 17.0. The van der Waals surface area contributed by atoms with Gasteiger partial charge in [0.15, 0.2) is 0 Å². The first-order valence-electron chi connectivity index (χ1n) is 8.26. The summed E-state index contributed by atoms with van der Waals surface area (Å²) in [6, 6.07) is 10.1. The highest BCUT2D eigenvalue weighted by molar-refractivity contribution is 9.10. The van der Waals surface area contributed by atoms with Crippen LogP contribution in [0.1, 0.15) is 29.4 Å². The average Bonchev–Trinajstić information content (AvgIpc) is 3.10. The van der Waals surface area contributed by atoms with Crippen molar-refractivity contribution in [2.45, 2.75) is 18.9 Å². The molecule has 2 heterocycles. The van der Waals surface area contributed by atoms with Gasteiger partial charge in [-0.1, -0.05) is 22.0 Å². The second kappa shape index (κ2) is 8.30. The second-order valence-electron chi connectivity index (χ2n) is 5.87. The van der Waals surface area contributed by atoms with Crippen LogP contribution in [-0.4, -0.2) is 41.9 Å². The molecule has 0 radical (unpaired) electrons. The molecule has 0 saturated carbocycles. The molecule has 1 aromatic carbocycles. The van der Waals surface area contributed by atoms with Crippen molar-refractivity contribution in [2.75, 3.05) is 31.5 Å². The molecule has 1 unspecified atom stereocenters. The molecule has 1 aliphatic rings. The van der Waals surface area contributed by atoms with E-state index < -0.39 is 0 Å². The Bertz CT molecular complexity index is 681. The minimum atomic E-state index is -0.131. The van der Waals surface area contributed by atoms with E-state index in [0.717, 1.165) is 36.1 Å². The molecule has 7 heteroatoms. The van der Waals surface area contributed by atoms with E-state index in [1.165, 1.54) is 0 Å². The van der Waals surface area contributed by atoms with Gasteiger partial charge in [0.25, 0.3) is 5.91 Å². The molecule has 0 spiro atoms. The molecule has 1 atom stereocenters. The number of aromatic nitrogens is 2. The summed E-state index contributed by atoms with van der Waals surface area (Å²) in [5, 5.41) is 13.9. The summed E-state index contributed by atoms with van der Waals surface area (Å²) in [5.41, 5.74) is 1.50. The zero-order chi connectivity index (χ0) is 16.8. The van der Waals surface area contributed by atoms with Gasteiger partial charge < -0.3 is 16.0 Å². The van der Waals surface area contributed by atoms with E-state index >= 15 is 0 Å². The molecule has 128 valence electrons. The van der Waals surface area contributed by atoms with E-state index in [-0.39, 0.29) is 5.91 Å². The lowest BCUT2D eigenvalue weighted by atomic mass is 10.1. The number of halogens is 1. The van der Waals surface area contributed by atoms with E-state index in [1.54, 1.807) is 6.07 Å². The Balaban J connectivity index is 1.44. The van der Waals surface area contributed by atoms with Crippen LogP contribution in [0, 0.1) is 0 Å². The lowest BCUT2D eigenvalue weighted by Gasteiger charge is -2.22. The van der Waals surface area contributed by atoms with Crippen LogP contribution in [0.15, 0.2) is 41.0 Å². The average molecular weight is 392 g/mol. The molecule has 6 nitrogen and oxygen atoms in total. The van der Waals surface area contributed by atoms with Crippen molar-refractivity contribution in [3.63, 3.8) is 0 Å². The summed E-state index contributed by atoms with van der Waals surface area (Å²) in [7, 11) is 0. The molecular formula is C17H22BrN5O. The first-order valence-corrected chi connectivity index (χ1v) is 9.05. The van der Waals surface area contributed by atoms with Crippen molar-refractivity contribution in [3.8, 4) is 0 Å². The van der Waals surface area contributed by atoms with Gasteiger partial charge in [-0.25, -0.2) is 0 Å². The summed E-state index contributed by atoms with van der Waals surface area (Å²) in [4.78, 5) is 12.2. The fourth-order valence-electron chi connectivity index (χ4n) is 2.79. The summed E-state index contributed by atoms with van der Waals surface area (Å²) < 4.78 is 2.93. The summed E-state index contributed by atoms with van der Waals surface area (Å²) >= 11 is 3.44. The standard InChI is InChI=1S/C17H22BrN5O/c18-13-3-1-4-14(11-13)20-8-9-21-17(24)16-6-10-23(22-16)15-5-2-7-19-12-15/h1,3-4,6,10-11,15,19-20H,2,5,7-9,12H2,(H,21,24). The monoisotopic (exact) mass is 391 g/mol. The Labute approximate surface area is 150 Å². The van der Waals surface area contributed by atoms with Gasteiger partial charge in [0.1, 0.15) is 5.69 Å². The molecular weight excluding hydrogens is 370 g/mol. The molecule has 3 N–H and O–H groups in total. The van der Waals surface area contributed by atoms with Crippen LogP contribution in [0.3, 0.4) is 0 Å². The van der Waals surface area contributed by atoms with E-state index in [4.69, 9.17) is 0 Å². The molecule has 24 heavy (non-hydrogen) atoms. The lowest BCUT2D eigenvalue weighted by Crippen LogP contribution is -2.32. The zero-order valence-corrected chi connectivity index (χ0v) is 15.1. The van der Waals surface area contributed by atoms with Crippen LogP contribution >= 0.6 is 15.9 Å². The Morgan fingerprint density at radius 3 is 3.08 bits per heavy atom. The van der Waals surface area contributed by atoms with Crippen LogP contribution in [-0.2, 0) is 0 Å². The fourth-order valence-corrected chi connectivity index (χ4v) is 3.19. The van der Waals surface area contributed by atoms with Gasteiger partial charge in [-0.3, -0.25) is 9.48 Å². The Morgan fingerprint density at radius 2 is 2.29 bits per heavy atom. The van der Waals surface area contributed by atoms with Crippen molar-refractivity contribution in [1.82, 2.24) is 20.4 Å². The van der Waals surface area contributed by atoms with Gasteiger partial charge in [-0.2, -0.15) is 5.10 Å². The van der Waals surface area contributed by atoms with Crippen molar-refractivity contribution in [3.05, 3.63) is 46.7 Å². The maximum Gasteiger partial charge on any atom is 0.271 e. The van der Waals surface area contributed by atoms with Gasteiger partial charge in [0, 0.05) is 36.0 Å². The Hall–Kier alpha value is -1.86. The number of amides is 1. The van der Waals surface area contributed by atoms with Crippen molar-refractivity contribution < 1.29 is 4.79 Å². The number of benzene rings is 1. The molecule has 1 saturated heterocycles. The fraction of sp³-hybridized carbons (Fsp3) is 0.412. The molecule has 1 fully saturated rings. The lowest BCUT2D eigenvalue weighted by molar-refractivity contribution is 0.0949.